The van der Waals surface area contributed by atoms with E-state index in [-0.39, 0.29) is 11.9 Å². The Morgan fingerprint density at radius 3 is 2.62 bits per heavy atom. The molecule has 1 N–H and O–H groups in total. The molecule has 0 radical (unpaired) electrons. The zero-order chi connectivity index (χ0) is 18.4. The summed E-state index contributed by atoms with van der Waals surface area (Å²) in [6.07, 6.45) is 4.88. The number of rotatable bonds is 7. The summed E-state index contributed by atoms with van der Waals surface area (Å²) < 4.78 is 6.82. The first-order chi connectivity index (χ1) is 12.7. The van der Waals surface area contributed by atoms with Crippen molar-refractivity contribution in [2.45, 2.75) is 32.7 Å². The van der Waals surface area contributed by atoms with Gasteiger partial charge in [0.15, 0.2) is 5.82 Å². The first-order valence-electron chi connectivity index (χ1n) is 8.63. The summed E-state index contributed by atoms with van der Waals surface area (Å²) >= 11 is 0. The van der Waals surface area contributed by atoms with Crippen LogP contribution in [0.2, 0.25) is 0 Å². The molecule has 2 aromatic heterocycles. The Balaban J connectivity index is 2.03. The minimum absolute atomic E-state index is 0.0826. The normalized spacial score (nSPS) is 11.7. The number of carbonyl (C=O) groups excluding carboxylic acids is 1. The van der Waals surface area contributed by atoms with Gasteiger partial charge in [0.25, 0.3) is 5.91 Å². The number of tetrazole rings is 1. The molecule has 134 valence electrons. The fraction of sp³-hybridized carbons (Fsp3) is 0.263. The number of amides is 1. The van der Waals surface area contributed by atoms with Crippen LogP contribution in [0.25, 0.3) is 23.2 Å². The quantitative estimate of drug-likeness (QED) is 0.661. The van der Waals surface area contributed by atoms with Crippen LogP contribution >= 0.6 is 0 Å². The van der Waals surface area contributed by atoms with Crippen molar-refractivity contribution in [1.82, 2.24) is 25.5 Å². The van der Waals surface area contributed by atoms with Gasteiger partial charge in [0.2, 0.25) is 0 Å². The maximum atomic E-state index is 12.9. The Bertz CT molecular complexity index is 864. The minimum atomic E-state index is -0.250. The van der Waals surface area contributed by atoms with Gasteiger partial charge in [-0.05, 0) is 35.4 Å². The second kappa shape index (κ2) is 8.24. The molecule has 0 bridgehead atoms. The number of hydrogen-bond acceptors (Lipinski definition) is 5. The molecule has 0 spiro atoms. The highest BCUT2D eigenvalue weighted by molar-refractivity contribution is 6.18. The third-order valence-electron chi connectivity index (χ3n) is 4.11. The lowest BCUT2D eigenvalue weighted by atomic mass is 10.1. The number of carbonyl (C=O) groups is 1. The van der Waals surface area contributed by atoms with E-state index in [4.69, 9.17) is 4.42 Å². The van der Waals surface area contributed by atoms with Crippen molar-refractivity contribution >= 4 is 17.7 Å². The van der Waals surface area contributed by atoms with Crippen LogP contribution in [0.3, 0.4) is 0 Å². The number of furan rings is 1. The van der Waals surface area contributed by atoms with Crippen molar-refractivity contribution in [3.8, 4) is 11.4 Å². The molecule has 0 atom stereocenters. The Kier molecular flexibility index (Phi) is 5.58. The maximum absolute atomic E-state index is 12.9. The molecule has 3 aromatic rings. The van der Waals surface area contributed by atoms with Crippen molar-refractivity contribution in [2.24, 2.45) is 0 Å². The lowest BCUT2D eigenvalue weighted by Crippen LogP contribution is -2.35. The van der Waals surface area contributed by atoms with Crippen LogP contribution in [-0.4, -0.2) is 32.2 Å². The molecule has 0 aliphatic carbocycles. The van der Waals surface area contributed by atoms with Gasteiger partial charge in [0.1, 0.15) is 11.5 Å². The average molecular weight is 351 g/mol. The van der Waals surface area contributed by atoms with E-state index in [1.165, 1.54) is 4.68 Å². The zero-order valence-electron chi connectivity index (χ0n) is 14.8. The highest BCUT2D eigenvalue weighted by Crippen LogP contribution is 2.20. The molecule has 0 saturated carbocycles. The van der Waals surface area contributed by atoms with Gasteiger partial charge in [-0.25, -0.2) is 0 Å². The summed E-state index contributed by atoms with van der Waals surface area (Å²) in [5.41, 5.74) is 1.12. The molecule has 3 rings (SSSR count). The fourth-order valence-corrected chi connectivity index (χ4v) is 2.60. The number of hydrogen-bond donors (Lipinski definition) is 1. The van der Waals surface area contributed by atoms with Crippen LogP contribution in [0.1, 0.15) is 32.4 Å². The summed E-state index contributed by atoms with van der Waals surface area (Å²) in [5.74, 6) is 0.789. The highest BCUT2D eigenvalue weighted by atomic mass is 16.3. The van der Waals surface area contributed by atoms with Gasteiger partial charge in [0.05, 0.1) is 6.26 Å². The Labute approximate surface area is 151 Å². The molecule has 7 nitrogen and oxygen atoms in total. The molecule has 1 amide bonds. The second-order valence-electron chi connectivity index (χ2n) is 5.81. The maximum Gasteiger partial charge on any atom is 0.270 e. The monoisotopic (exact) mass is 351 g/mol. The predicted octanol–water partition coefficient (Wildman–Crippen LogP) is 3.24. The lowest BCUT2D eigenvalue weighted by Gasteiger charge is -2.16. The van der Waals surface area contributed by atoms with Crippen molar-refractivity contribution < 1.29 is 9.21 Å². The van der Waals surface area contributed by atoms with E-state index in [1.54, 1.807) is 24.5 Å². The Morgan fingerprint density at radius 2 is 1.96 bits per heavy atom. The fourth-order valence-electron chi connectivity index (χ4n) is 2.60. The van der Waals surface area contributed by atoms with Crippen LogP contribution in [0.4, 0.5) is 0 Å². The molecular formula is C19H21N5O2. The van der Waals surface area contributed by atoms with Crippen LogP contribution in [0.15, 0.2) is 53.1 Å². The molecule has 0 unspecified atom stereocenters. The molecule has 0 fully saturated rings. The summed E-state index contributed by atoms with van der Waals surface area (Å²) in [5, 5.41) is 14.9. The topological polar surface area (TPSA) is 85.8 Å². The van der Waals surface area contributed by atoms with Crippen molar-refractivity contribution in [3.05, 3.63) is 54.5 Å². The van der Waals surface area contributed by atoms with E-state index in [9.17, 15) is 4.79 Å². The zero-order valence-corrected chi connectivity index (χ0v) is 14.8. The first-order valence-corrected chi connectivity index (χ1v) is 8.63. The second-order valence-corrected chi connectivity index (χ2v) is 5.81. The molecule has 26 heavy (non-hydrogen) atoms. The number of benzene rings is 1. The molecule has 0 saturated heterocycles. The van der Waals surface area contributed by atoms with Crippen LogP contribution < -0.4 is 5.32 Å². The smallest absolute Gasteiger partial charge is 0.270 e. The lowest BCUT2D eigenvalue weighted by molar-refractivity contribution is -0.116. The van der Waals surface area contributed by atoms with Gasteiger partial charge < -0.3 is 9.73 Å². The summed E-state index contributed by atoms with van der Waals surface area (Å²) in [7, 11) is 0. The highest BCUT2D eigenvalue weighted by Gasteiger charge is 2.21. The molecule has 0 aliphatic rings. The Morgan fingerprint density at radius 1 is 1.19 bits per heavy atom. The first kappa shape index (κ1) is 17.6. The van der Waals surface area contributed by atoms with Gasteiger partial charge in [-0.15, -0.1) is 5.10 Å². The number of aromatic nitrogens is 4. The van der Waals surface area contributed by atoms with Crippen molar-refractivity contribution in [1.29, 1.82) is 0 Å². The summed E-state index contributed by atoms with van der Waals surface area (Å²) in [6.45, 7) is 4.08. The van der Waals surface area contributed by atoms with Crippen molar-refractivity contribution in [2.75, 3.05) is 0 Å². The molecule has 7 heteroatoms. The minimum Gasteiger partial charge on any atom is -0.465 e. The van der Waals surface area contributed by atoms with E-state index in [0.29, 0.717) is 17.3 Å². The van der Waals surface area contributed by atoms with Crippen LogP contribution in [-0.2, 0) is 4.79 Å². The third kappa shape index (κ3) is 3.88. The van der Waals surface area contributed by atoms with Crippen molar-refractivity contribution in [3.63, 3.8) is 0 Å². The average Bonchev–Trinajstić information content (AvgIpc) is 3.36. The largest absolute Gasteiger partial charge is 0.465 e. The molecule has 0 aliphatic heterocycles. The van der Waals surface area contributed by atoms with Gasteiger partial charge >= 0.3 is 0 Å². The number of nitrogens with one attached hydrogen (secondary N) is 1. The van der Waals surface area contributed by atoms with E-state index in [2.05, 4.69) is 20.8 Å². The standard InChI is InChI=1S/C19H21N5O2/c1-3-15(4-2)20-19(25)17(13-16-11-8-12-26-16)24-18(21-22-23-24)14-9-6-5-7-10-14/h5-13,15H,3-4H2,1-2H3,(H,20,25)/b17-13-. The molecular weight excluding hydrogens is 330 g/mol. The van der Waals surface area contributed by atoms with Gasteiger partial charge in [0, 0.05) is 17.7 Å². The van der Waals surface area contributed by atoms with Gasteiger partial charge in [-0.2, -0.15) is 4.68 Å². The predicted molar refractivity (Wildman–Crippen MR) is 98.6 cm³/mol. The van der Waals surface area contributed by atoms with E-state index >= 15 is 0 Å². The molecule has 1 aromatic carbocycles. The summed E-state index contributed by atoms with van der Waals surface area (Å²) in [6, 6.07) is 13.1. The van der Waals surface area contributed by atoms with E-state index in [1.807, 2.05) is 44.2 Å². The SMILES string of the molecule is CCC(CC)NC(=O)/C(=C/c1ccco1)n1nnnc1-c1ccccc1. The van der Waals surface area contributed by atoms with E-state index in [0.717, 1.165) is 18.4 Å². The summed E-state index contributed by atoms with van der Waals surface area (Å²) in [4.78, 5) is 12.9. The van der Waals surface area contributed by atoms with Gasteiger partial charge in [-0.1, -0.05) is 44.2 Å². The van der Waals surface area contributed by atoms with Gasteiger partial charge in [-0.3, -0.25) is 4.79 Å². The Hall–Kier alpha value is -3.22. The third-order valence-corrected chi connectivity index (χ3v) is 4.11. The number of nitrogens with zero attached hydrogens (tertiary/aromatic N) is 4. The van der Waals surface area contributed by atoms with Crippen LogP contribution in [0, 0.1) is 0 Å². The van der Waals surface area contributed by atoms with Crippen LogP contribution in [0.5, 0.6) is 0 Å². The molecule has 2 heterocycles. The van der Waals surface area contributed by atoms with E-state index < -0.39 is 0 Å².